The standard InChI is InChI=1S/C35H45N7O7S/c1-9-24-18-35(24,34(45)40-50(46,47)41(6)7)42-19-26(49-33-27-11-10-25(48-8)16-23(27)12-13-36-33)17-28(42)31(43)39-32(44)30(20(2)3)38-29-15-21(4)14-22(5)37-29/h9-16,20,24,26,28,30H,1,17-19H2,2-8H3,(H,37,38)(H,40,45)(H,39,43,44)/t24-,26-,28+,30?,35-/m1/s1. The maximum atomic E-state index is 14.1. The van der Waals surface area contributed by atoms with Gasteiger partial charge in [0.1, 0.15) is 29.3 Å². The maximum Gasteiger partial charge on any atom is 0.303 e. The molecule has 1 aliphatic heterocycles. The van der Waals surface area contributed by atoms with Gasteiger partial charge in [-0.1, -0.05) is 19.9 Å². The number of anilines is 1. The first-order valence-corrected chi connectivity index (χ1v) is 17.8. The van der Waals surface area contributed by atoms with Crippen LogP contribution in [0.25, 0.3) is 10.8 Å². The maximum absolute atomic E-state index is 14.1. The summed E-state index contributed by atoms with van der Waals surface area (Å²) in [6.45, 7) is 11.4. The summed E-state index contributed by atoms with van der Waals surface area (Å²) in [4.78, 5) is 52.3. The molecule has 0 bridgehead atoms. The molecule has 50 heavy (non-hydrogen) atoms. The Balaban J connectivity index is 1.45. The van der Waals surface area contributed by atoms with Crippen LogP contribution in [-0.2, 0) is 24.6 Å². The van der Waals surface area contributed by atoms with E-state index in [4.69, 9.17) is 9.47 Å². The molecule has 14 nitrogen and oxygen atoms in total. The molecule has 268 valence electrons. The minimum Gasteiger partial charge on any atom is -0.497 e. The molecule has 1 saturated carbocycles. The summed E-state index contributed by atoms with van der Waals surface area (Å²) in [5, 5.41) is 7.28. The Hall–Kier alpha value is -4.60. The molecule has 1 aliphatic carbocycles. The first kappa shape index (κ1) is 36.7. The van der Waals surface area contributed by atoms with Gasteiger partial charge >= 0.3 is 10.2 Å². The normalized spacial score (nSPS) is 22.6. The number of rotatable bonds is 13. The van der Waals surface area contributed by atoms with E-state index in [1.54, 1.807) is 30.3 Å². The predicted molar refractivity (Wildman–Crippen MR) is 189 cm³/mol. The number of ether oxygens (including phenoxy) is 2. The first-order chi connectivity index (χ1) is 23.6. The van der Waals surface area contributed by atoms with Gasteiger partial charge in [-0.05, 0) is 73.5 Å². The summed E-state index contributed by atoms with van der Waals surface area (Å²) < 4.78 is 40.3. The SMILES string of the molecule is C=C[C@@H]1C[C@@]1(C(=O)NS(=O)(=O)N(C)C)N1C[C@H](Oc2nccc3cc(OC)ccc23)C[C@H]1C(=O)NC(=O)C(Nc1cc(C)cc(C)n1)C(C)C. The van der Waals surface area contributed by atoms with Crippen molar-refractivity contribution in [2.75, 3.05) is 33.1 Å². The van der Waals surface area contributed by atoms with Crippen molar-refractivity contribution in [2.45, 2.75) is 64.3 Å². The van der Waals surface area contributed by atoms with Crippen LogP contribution in [0.4, 0.5) is 5.82 Å². The smallest absolute Gasteiger partial charge is 0.303 e. The average Bonchev–Trinajstić information content (AvgIpc) is 3.65. The summed E-state index contributed by atoms with van der Waals surface area (Å²) >= 11 is 0. The molecule has 2 aliphatic rings. The lowest BCUT2D eigenvalue weighted by molar-refractivity contribution is -0.136. The van der Waals surface area contributed by atoms with E-state index in [1.807, 2.05) is 58.0 Å². The first-order valence-electron chi connectivity index (χ1n) is 16.4. The lowest BCUT2D eigenvalue weighted by Crippen LogP contribution is -2.59. The van der Waals surface area contributed by atoms with Gasteiger partial charge in [-0.25, -0.2) is 14.7 Å². The Morgan fingerprint density at radius 2 is 1.88 bits per heavy atom. The predicted octanol–water partition coefficient (Wildman–Crippen LogP) is 2.72. The number of hydrogen-bond donors (Lipinski definition) is 3. The molecule has 2 aromatic heterocycles. The van der Waals surface area contributed by atoms with Crippen molar-refractivity contribution in [3.05, 3.63) is 66.5 Å². The summed E-state index contributed by atoms with van der Waals surface area (Å²) in [5.74, 6) is -1.20. The number of hydrogen-bond acceptors (Lipinski definition) is 11. The van der Waals surface area contributed by atoms with Crippen molar-refractivity contribution in [3.8, 4) is 11.6 Å². The van der Waals surface area contributed by atoms with Gasteiger partial charge in [0, 0.05) is 50.3 Å². The Morgan fingerprint density at radius 3 is 2.50 bits per heavy atom. The van der Waals surface area contributed by atoms with Crippen molar-refractivity contribution in [3.63, 3.8) is 0 Å². The molecule has 0 radical (unpaired) electrons. The Morgan fingerprint density at radius 1 is 1.14 bits per heavy atom. The molecule has 1 aromatic carbocycles. The van der Waals surface area contributed by atoms with Crippen molar-refractivity contribution < 1.29 is 32.3 Å². The van der Waals surface area contributed by atoms with Crippen LogP contribution in [0.15, 0.2) is 55.3 Å². The van der Waals surface area contributed by atoms with Gasteiger partial charge in [-0.15, -0.1) is 6.58 Å². The number of imide groups is 1. The number of aryl methyl sites for hydroxylation is 2. The number of nitrogens with zero attached hydrogens (tertiary/aromatic N) is 4. The largest absolute Gasteiger partial charge is 0.497 e. The Bertz CT molecular complexity index is 1900. The number of pyridine rings is 2. The molecule has 1 saturated heterocycles. The second-order valence-corrected chi connectivity index (χ2v) is 15.3. The third-order valence-electron chi connectivity index (χ3n) is 9.25. The number of carbonyl (C=O) groups is 3. The number of fused-ring (bicyclic) bond motifs is 1. The third-order valence-corrected chi connectivity index (χ3v) is 10.7. The average molecular weight is 708 g/mol. The highest BCUT2D eigenvalue weighted by Gasteiger charge is 2.67. The second-order valence-electron chi connectivity index (χ2n) is 13.4. The van der Waals surface area contributed by atoms with Gasteiger partial charge in [-0.2, -0.15) is 12.7 Å². The van der Waals surface area contributed by atoms with Crippen LogP contribution in [-0.4, -0.2) is 96.8 Å². The number of methoxy groups -OCH3 is 1. The number of nitrogens with one attached hydrogen (secondary N) is 3. The molecular formula is C35H45N7O7S. The van der Waals surface area contributed by atoms with Crippen LogP contribution in [0.5, 0.6) is 11.6 Å². The molecular weight excluding hydrogens is 662 g/mol. The van der Waals surface area contributed by atoms with Gasteiger partial charge in [-0.3, -0.25) is 24.6 Å². The number of benzene rings is 1. The Kier molecular flexibility index (Phi) is 10.5. The molecule has 2 fully saturated rings. The van der Waals surface area contributed by atoms with Gasteiger partial charge in [0.05, 0.1) is 13.2 Å². The topological polar surface area (TPSA) is 172 Å². The monoisotopic (exact) mass is 707 g/mol. The van der Waals surface area contributed by atoms with E-state index in [-0.39, 0.29) is 25.3 Å². The van der Waals surface area contributed by atoms with Crippen molar-refractivity contribution in [1.82, 2.24) is 29.2 Å². The molecule has 3 amide bonds. The highest BCUT2D eigenvalue weighted by atomic mass is 32.2. The highest BCUT2D eigenvalue weighted by Crippen LogP contribution is 2.52. The molecule has 5 atom stereocenters. The zero-order valence-corrected chi connectivity index (χ0v) is 30.2. The van der Waals surface area contributed by atoms with E-state index in [0.717, 1.165) is 20.9 Å². The van der Waals surface area contributed by atoms with E-state index in [1.165, 1.54) is 14.1 Å². The van der Waals surface area contributed by atoms with Crippen LogP contribution in [0.3, 0.4) is 0 Å². The third kappa shape index (κ3) is 7.44. The van der Waals surface area contributed by atoms with Crippen molar-refractivity contribution in [1.29, 1.82) is 0 Å². The van der Waals surface area contributed by atoms with Gasteiger partial charge < -0.3 is 14.8 Å². The number of likely N-dealkylation sites (tertiary alicyclic amines) is 1. The number of amides is 3. The fraction of sp³-hybridized carbons (Fsp3) is 0.457. The van der Waals surface area contributed by atoms with Crippen molar-refractivity contribution in [2.24, 2.45) is 11.8 Å². The highest BCUT2D eigenvalue weighted by molar-refractivity contribution is 7.87. The van der Waals surface area contributed by atoms with E-state index >= 15 is 0 Å². The van der Waals surface area contributed by atoms with Crippen molar-refractivity contribution >= 4 is 44.5 Å². The second kappa shape index (κ2) is 14.3. The fourth-order valence-corrected chi connectivity index (χ4v) is 7.14. The molecule has 3 N–H and O–H groups in total. The summed E-state index contributed by atoms with van der Waals surface area (Å²) in [6.07, 6.45) is 2.83. The van der Waals surface area contributed by atoms with Gasteiger partial charge in [0.25, 0.3) is 5.91 Å². The van der Waals surface area contributed by atoms with Crippen LogP contribution in [0, 0.1) is 25.7 Å². The number of aromatic nitrogens is 2. The van der Waals surface area contributed by atoms with E-state index in [0.29, 0.717) is 22.8 Å². The Labute approximate surface area is 292 Å². The lowest BCUT2D eigenvalue weighted by atomic mass is 10.0. The molecule has 0 spiro atoms. The zero-order valence-electron chi connectivity index (χ0n) is 29.4. The molecule has 3 aromatic rings. The van der Waals surface area contributed by atoms with E-state index in [2.05, 4.69) is 31.9 Å². The molecule has 3 heterocycles. The van der Waals surface area contributed by atoms with Crippen LogP contribution >= 0.6 is 0 Å². The minimum absolute atomic E-state index is 0.0681. The van der Waals surface area contributed by atoms with E-state index < -0.39 is 57.6 Å². The van der Waals surface area contributed by atoms with Gasteiger partial charge in [0.2, 0.25) is 17.7 Å². The van der Waals surface area contributed by atoms with E-state index in [9.17, 15) is 22.8 Å². The summed E-state index contributed by atoms with van der Waals surface area (Å²) in [5.41, 5.74) is 0.319. The lowest BCUT2D eigenvalue weighted by Gasteiger charge is -2.32. The summed E-state index contributed by atoms with van der Waals surface area (Å²) in [6, 6.07) is 9.18. The fourth-order valence-electron chi connectivity index (χ4n) is 6.54. The number of carbonyl (C=O) groups excluding carboxylic acids is 3. The van der Waals surface area contributed by atoms with Gasteiger partial charge in [0.15, 0.2) is 0 Å². The molecule has 15 heteroatoms. The van der Waals surface area contributed by atoms with Crippen LogP contribution in [0.2, 0.25) is 0 Å². The van der Waals surface area contributed by atoms with Crippen LogP contribution in [0.1, 0.15) is 37.9 Å². The minimum atomic E-state index is -4.15. The molecule has 5 rings (SSSR count). The quantitative estimate of drug-likeness (QED) is 0.223. The summed E-state index contributed by atoms with van der Waals surface area (Å²) in [7, 11) is 0.0349. The molecule has 1 unspecified atom stereocenters. The van der Waals surface area contributed by atoms with Crippen LogP contribution < -0.4 is 24.8 Å². The zero-order chi connectivity index (χ0) is 36.5.